The quantitative estimate of drug-likeness (QED) is 0.185. The number of carbonyl (C=O) groups is 3. The van der Waals surface area contributed by atoms with Crippen molar-refractivity contribution in [2.75, 3.05) is 63.7 Å². The summed E-state index contributed by atoms with van der Waals surface area (Å²) in [6.07, 6.45) is 1.21. The summed E-state index contributed by atoms with van der Waals surface area (Å²) in [7, 11) is -0.976. The number of rotatable bonds is 19. The molecule has 0 aromatic rings. The fraction of sp³-hybridized carbons (Fsp3) is 0.812. The molecule has 170 valence electrons. The minimum absolute atomic E-state index is 0.00852. The van der Waals surface area contributed by atoms with Crippen LogP contribution < -0.4 is 0 Å². The van der Waals surface area contributed by atoms with Crippen molar-refractivity contribution in [3.8, 4) is 0 Å². The van der Waals surface area contributed by atoms with Crippen LogP contribution in [0, 0.1) is 0 Å². The van der Waals surface area contributed by atoms with Crippen LogP contribution in [0.3, 0.4) is 0 Å². The van der Waals surface area contributed by atoms with Gasteiger partial charge in [-0.2, -0.15) is 11.8 Å². The molecule has 13 heteroatoms. The lowest BCUT2D eigenvalue weighted by Gasteiger charge is -2.03. The lowest BCUT2D eigenvalue weighted by molar-refractivity contribution is -0.109. The summed E-state index contributed by atoms with van der Waals surface area (Å²) in [5.41, 5.74) is 0. The van der Waals surface area contributed by atoms with Crippen molar-refractivity contribution in [3.05, 3.63) is 0 Å². The maximum absolute atomic E-state index is 11.9. The number of thioether (sulfide) groups is 6. The SMILES string of the molecule is O=C(CSCCS(=O)CSCSC(=O)CSCC(=O)SCCCO)SCCCO. The Bertz CT molecular complexity index is 492. The second-order valence-corrected chi connectivity index (χ2v) is 14.0. The van der Waals surface area contributed by atoms with Crippen molar-refractivity contribution in [2.45, 2.75) is 12.8 Å². The minimum atomic E-state index is -0.976. The zero-order valence-corrected chi connectivity index (χ0v) is 21.8. The molecule has 0 saturated heterocycles. The molecule has 0 aliphatic carbocycles. The van der Waals surface area contributed by atoms with Gasteiger partial charge in [0.1, 0.15) is 0 Å². The fourth-order valence-electron chi connectivity index (χ4n) is 1.44. The van der Waals surface area contributed by atoms with Gasteiger partial charge in [-0.05, 0) is 12.8 Å². The van der Waals surface area contributed by atoms with Gasteiger partial charge in [0.2, 0.25) is 0 Å². The first-order valence-corrected chi connectivity index (χ1v) is 16.7. The van der Waals surface area contributed by atoms with Crippen molar-refractivity contribution < 1.29 is 28.8 Å². The Morgan fingerprint density at radius 2 is 1.21 bits per heavy atom. The highest BCUT2D eigenvalue weighted by atomic mass is 32.2. The molecule has 0 heterocycles. The summed E-state index contributed by atoms with van der Waals surface area (Å²) >= 11 is 7.81. The molecule has 0 spiro atoms. The van der Waals surface area contributed by atoms with Gasteiger partial charge in [0.05, 0.1) is 22.3 Å². The topological polar surface area (TPSA) is 109 Å². The van der Waals surface area contributed by atoms with Gasteiger partial charge in [0.25, 0.3) is 0 Å². The number of hydrogen-bond acceptors (Lipinski definition) is 12. The first-order chi connectivity index (χ1) is 14.0. The van der Waals surface area contributed by atoms with Crippen LogP contribution in [0.4, 0.5) is 0 Å². The lowest BCUT2D eigenvalue weighted by atomic mass is 10.5. The van der Waals surface area contributed by atoms with Gasteiger partial charge in [-0.3, -0.25) is 18.6 Å². The second-order valence-electron chi connectivity index (χ2n) is 5.24. The predicted molar refractivity (Wildman–Crippen MR) is 136 cm³/mol. The van der Waals surface area contributed by atoms with Crippen LogP contribution in [0.15, 0.2) is 0 Å². The number of carbonyl (C=O) groups excluding carboxylic acids is 3. The fourth-order valence-corrected chi connectivity index (χ4v) is 9.12. The Morgan fingerprint density at radius 3 is 1.76 bits per heavy atom. The number of hydrogen-bond donors (Lipinski definition) is 2. The van der Waals surface area contributed by atoms with Crippen molar-refractivity contribution in [2.24, 2.45) is 0 Å². The van der Waals surface area contributed by atoms with E-state index in [2.05, 4.69) is 0 Å². The summed E-state index contributed by atoms with van der Waals surface area (Å²) in [5.74, 6) is 3.38. The highest BCUT2D eigenvalue weighted by Gasteiger charge is 2.08. The van der Waals surface area contributed by atoms with Gasteiger partial charge in [-0.1, -0.05) is 35.3 Å². The van der Waals surface area contributed by atoms with Gasteiger partial charge < -0.3 is 10.2 Å². The highest BCUT2D eigenvalue weighted by Crippen LogP contribution is 2.18. The van der Waals surface area contributed by atoms with Gasteiger partial charge in [-0.15, -0.1) is 23.5 Å². The Hall–Kier alpha value is 1.18. The molecule has 0 aromatic carbocycles. The lowest BCUT2D eigenvalue weighted by Crippen LogP contribution is -2.06. The van der Waals surface area contributed by atoms with Gasteiger partial charge in [-0.25, -0.2) is 0 Å². The molecule has 0 aromatic heterocycles. The van der Waals surface area contributed by atoms with E-state index in [1.165, 1.54) is 70.6 Å². The zero-order chi connectivity index (χ0) is 21.7. The minimum Gasteiger partial charge on any atom is -0.396 e. The van der Waals surface area contributed by atoms with Gasteiger partial charge >= 0.3 is 0 Å². The predicted octanol–water partition coefficient (Wildman–Crippen LogP) is 2.39. The molecule has 2 N–H and O–H groups in total. The van der Waals surface area contributed by atoms with Crippen LogP contribution in [0.25, 0.3) is 0 Å². The monoisotopic (exact) mass is 540 g/mol. The third kappa shape index (κ3) is 22.2. The average Bonchev–Trinajstić information content (AvgIpc) is 2.69. The molecule has 0 radical (unpaired) electrons. The van der Waals surface area contributed by atoms with Crippen molar-refractivity contribution in [1.82, 2.24) is 0 Å². The van der Waals surface area contributed by atoms with E-state index in [1.807, 2.05) is 0 Å². The first kappa shape index (κ1) is 30.2. The number of aliphatic hydroxyl groups excluding tert-OH is 2. The smallest absolute Gasteiger partial charge is 0.199 e. The molecule has 0 saturated carbocycles. The van der Waals surface area contributed by atoms with Crippen LogP contribution in [-0.2, 0) is 25.2 Å². The largest absolute Gasteiger partial charge is 0.396 e. The maximum Gasteiger partial charge on any atom is 0.199 e. The van der Waals surface area contributed by atoms with E-state index < -0.39 is 10.8 Å². The first-order valence-electron chi connectivity index (χ1n) is 8.76. The molecule has 0 aliphatic heterocycles. The highest BCUT2D eigenvalue weighted by molar-refractivity contribution is 8.27. The standard InChI is InChI=1S/C16H28O6S7/c17-3-1-5-26-14(19)9-23-7-8-29(22)13-25-12-28-16(21)11-24-10-15(20)27-6-2-4-18/h17-18H,1-13H2. The summed E-state index contributed by atoms with van der Waals surface area (Å²) in [6, 6.07) is 0. The van der Waals surface area contributed by atoms with Gasteiger partial charge in [0, 0.05) is 52.1 Å². The van der Waals surface area contributed by atoms with Crippen molar-refractivity contribution >= 4 is 96.7 Å². The Kier molecular flexibility index (Phi) is 23.3. The van der Waals surface area contributed by atoms with E-state index in [-0.39, 0.29) is 34.3 Å². The third-order valence-corrected chi connectivity index (χ3v) is 11.4. The summed E-state index contributed by atoms with van der Waals surface area (Å²) in [6.45, 7) is 0.173. The van der Waals surface area contributed by atoms with E-state index in [0.717, 1.165) is 0 Å². The third-order valence-electron chi connectivity index (χ3n) is 2.76. The molecule has 0 amide bonds. The molecular weight excluding hydrogens is 513 g/mol. The van der Waals surface area contributed by atoms with E-state index in [4.69, 9.17) is 10.2 Å². The summed E-state index contributed by atoms with van der Waals surface area (Å²) < 4.78 is 11.9. The van der Waals surface area contributed by atoms with E-state index in [1.54, 1.807) is 0 Å². The molecule has 0 aliphatic rings. The van der Waals surface area contributed by atoms with E-state index in [9.17, 15) is 18.6 Å². The van der Waals surface area contributed by atoms with Crippen LogP contribution in [0.2, 0.25) is 0 Å². The second kappa shape index (κ2) is 22.4. The van der Waals surface area contributed by atoms with Crippen molar-refractivity contribution in [3.63, 3.8) is 0 Å². The summed E-state index contributed by atoms with van der Waals surface area (Å²) in [4.78, 5) is 34.8. The zero-order valence-electron chi connectivity index (χ0n) is 16.1. The molecule has 0 bridgehead atoms. The van der Waals surface area contributed by atoms with Crippen LogP contribution in [-0.4, -0.2) is 93.4 Å². The van der Waals surface area contributed by atoms with E-state index >= 15 is 0 Å². The molecule has 0 rings (SSSR count). The Morgan fingerprint density at radius 1 is 0.690 bits per heavy atom. The molecule has 1 unspecified atom stereocenters. The van der Waals surface area contributed by atoms with Crippen LogP contribution in [0.1, 0.15) is 12.8 Å². The average molecular weight is 541 g/mol. The molecule has 29 heavy (non-hydrogen) atoms. The number of aliphatic hydroxyl groups is 2. The van der Waals surface area contributed by atoms with Crippen molar-refractivity contribution in [1.29, 1.82) is 0 Å². The van der Waals surface area contributed by atoms with Crippen LogP contribution >= 0.6 is 70.6 Å². The van der Waals surface area contributed by atoms with Crippen LogP contribution in [0.5, 0.6) is 0 Å². The Labute approximate surface area is 200 Å². The molecular formula is C16H28O6S7. The van der Waals surface area contributed by atoms with E-state index in [0.29, 0.717) is 57.5 Å². The summed E-state index contributed by atoms with van der Waals surface area (Å²) in [5, 5.41) is 18.4. The molecule has 0 fully saturated rings. The van der Waals surface area contributed by atoms with Gasteiger partial charge in [0.15, 0.2) is 15.3 Å². The normalized spacial score (nSPS) is 12.1. The molecule has 6 nitrogen and oxygen atoms in total. The maximum atomic E-state index is 11.9. The molecule has 1 atom stereocenters. The Balaban J connectivity index is 3.52.